The van der Waals surface area contributed by atoms with Crippen LogP contribution in [0.5, 0.6) is 5.75 Å². The third-order valence-electron chi connectivity index (χ3n) is 6.98. The second-order valence-corrected chi connectivity index (χ2v) is 15.2. The largest absolute Gasteiger partial charge is 0.496 e. The van der Waals surface area contributed by atoms with Crippen LogP contribution in [0.4, 0.5) is 8.78 Å². The fourth-order valence-corrected chi connectivity index (χ4v) is 6.07. The molecular formula is C35H39F2N3O6S. The summed E-state index contributed by atoms with van der Waals surface area (Å²) in [6, 6.07) is 10.1. The maximum Gasteiger partial charge on any atom is 0.306 e. The molecule has 0 aliphatic rings. The number of rotatable bonds is 9. The zero-order valence-corrected chi connectivity index (χ0v) is 28.6. The molecule has 0 aliphatic heterocycles. The number of nitrogens with zero attached hydrogens (tertiary/aromatic N) is 3. The number of aromatic nitrogens is 3. The summed E-state index contributed by atoms with van der Waals surface area (Å²) >= 11 is 0. The molecule has 1 N–H and O–H groups in total. The highest BCUT2D eigenvalue weighted by atomic mass is 32.2. The lowest BCUT2D eigenvalue weighted by Gasteiger charge is -2.24. The van der Waals surface area contributed by atoms with Gasteiger partial charge in [0.05, 0.1) is 41.6 Å². The number of methoxy groups -OCH3 is 1. The summed E-state index contributed by atoms with van der Waals surface area (Å²) in [7, 11) is -0.308. The van der Waals surface area contributed by atoms with Crippen LogP contribution in [-0.2, 0) is 38.6 Å². The molecule has 0 amide bonds. The van der Waals surface area contributed by atoms with Crippen molar-refractivity contribution in [2.75, 3.05) is 13.4 Å². The Kier molecular flexibility index (Phi) is 10.1. The molecule has 12 heteroatoms. The number of ether oxygens (including phenoxy) is 2. The average molecular weight is 668 g/mol. The fraction of sp³-hybridized carbons (Fsp3) is 0.400. The Morgan fingerprint density at radius 1 is 1.04 bits per heavy atom. The van der Waals surface area contributed by atoms with Gasteiger partial charge >= 0.3 is 5.97 Å². The van der Waals surface area contributed by atoms with Gasteiger partial charge in [0.15, 0.2) is 9.84 Å². The molecule has 0 spiro atoms. The molecule has 0 unspecified atom stereocenters. The number of pyridine rings is 1. The second-order valence-electron chi connectivity index (χ2n) is 13.1. The highest BCUT2D eigenvalue weighted by molar-refractivity contribution is 7.89. The zero-order chi connectivity index (χ0) is 34.9. The van der Waals surface area contributed by atoms with Crippen molar-refractivity contribution in [2.45, 2.75) is 70.3 Å². The summed E-state index contributed by atoms with van der Waals surface area (Å²) < 4.78 is 66.1. The van der Waals surface area contributed by atoms with E-state index in [1.54, 1.807) is 56.8 Å². The van der Waals surface area contributed by atoms with Crippen LogP contribution in [0.25, 0.3) is 22.0 Å². The van der Waals surface area contributed by atoms with Crippen molar-refractivity contribution in [1.82, 2.24) is 14.8 Å². The van der Waals surface area contributed by atoms with Crippen LogP contribution in [0.2, 0.25) is 0 Å². The smallest absolute Gasteiger partial charge is 0.306 e. The van der Waals surface area contributed by atoms with Crippen molar-refractivity contribution in [3.8, 4) is 28.7 Å². The number of aryl methyl sites for hydroxylation is 1. The van der Waals surface area contributed by atoms with Crippen molar-refractivity contribution in [3.05, 3.63) is 76.7 Å². The molecule has 0 radical (unpaired) electrons. The predicted molar refractivity (Wildman–Crippen MR) is 175 cm³/mol. The van der Waals surface area contributed by atoms with Gasteiger partial charge in [-0.3, -0.25) is 9.48 Å². The van der Waals surface area contributed by atoms with Gasteiger partial charge in [-0.25, -0.2) is 22.2 Å². The van der Waals surface area contributed by atoms with Crippen molar-refractivity contribution < 1.29 is 36.6 Å². The second kappa shape index (κ2) is 13.4. The zero-order valence-electron chi connectivity index (χ0n) is 27.7. The van der Waals surface area contributed by atoms with E-state index in [2.05, 4.69) is 16.9 Å². The molecule has 2 aromatic carbocycles. The molecule has 0 saturated heterocycles. The van der Waals surface area contributed by atoms with Gasteiger partial charge in [-0.1, -0.05) is 5.92 Å². The molecule has 0 bridgehead atoms. The van der Waals surface area contributed by atoms with E-state index in [0.29, 0.717) is 44.7 Å². The van der Waals surface area contributed by atoms with Crippen LogP contribution in [0.15, 0.2) is 42.5 Å². The maximum absolute atomic E-state index is 14.3. The normalized spacial score (nSPS) is 12.8. The minimum absolute atomic E-state index is 0.0142. The third-order valence-corrected chi connectivity index (χ3v) is 7.77. The van der Waals surface area contributed by atoms with Crippen LogP contribution in [-0.4, -0.2) is 58.8 Å². The summed E-state index contributed by atoms with van der Waals surface area (Å²) in [5.74, 6) is 2.88. The predicted octanol–water partition coefficient (Wildman–Crippen LogP) is 5.65. The summed E-state index contributed by atoms with van der Waals surface area (Å²) in [5, 5.41) is 15.3. The Labute approximate surface area is 273 Å². The van der Waals surface area contributed by atoms with E-state index < -0.39 is 44.6 Å². The molecule has 1 atom stereocenters. The number of carbonyl (C=O) groups is 1. The standard InChI is InChI=1S/C35H39F2N3O6S/c1-34(2,3)46-30(41)18-22(15-21-16-23(36)19-24(37)17-21)32-26(10-9-25(38-32)13-14-35(4,5)42)27-11-12-29(45-7)31-28(20-47(8,43)44)39-40(6)33(27)31/h9-12,16-17,19,22,42H,15,18,20H2,1-8H3/t22-/m1/s1. The van der Waals surface area contributed by atoms with Gasteiger partial charge < -0.3 is 14.6 Å². The summed E-state index contributed by atoms with van der Waals surface area (Å²) in [6.45, 7) is 8.28. The van der Waals surface area contributed by atoms with E-state index in [4.69, 9.17) is 14.5 Å². The molecule has 0 fully saturated rings. The van der Waals surface area contributed by atoms with Gasteiger partial charge in [-0.05, 0) is 88.9 Å². The van der Waals surface area contributed by atoms with E-state index >= 15 is 0 Å². The Morgan fingerprint density at radius 2 is 1.68 bits per heavy atom. The highest BCUT2D eigenvalue weighted by Gasteiger charge is 2.28. The van der Waals surface area contributed by atoms with Gasteiger partial charge in [0.25, 0.3) is 0 Å². The van der Waals surface area contributed by atoms with Gasteiger partial charge in [0, 0.05) is 36.4 Å². The van der Waals surface area contributed by atoms with Crippen LogP contribution >= 0.6 is 0 Å². The summed E-state index contributed by atoms with van der Waals surface area (Å²) in [4.78, 5) is 18.1. The minimum atomic E-state index is -3.47. The minimum Gasteiger partial charge on any atom is -0.496 e. The van der Waals surface area contributed by atoms with E-state index in [1.165, 1.54) is 33.1 Å². The highest BCUT2D eigenvalue weighted by Crippen LogP contribution is 2.40. The van der Waals surface area contributed by atoms with Crippen LogP contribution < -0.4 is 4.74 Å². The van der Waals surface area contributed by atoms with Gasteiger partial charge in [-0.15, -0.1) is 0 Å². The third kappa shape index (κ3) is 9.36. The van der Waals surface area contributed by atoms with Crippen molar-refractivity contribution >= 4 is 26.7 Å². The molecule has 2 heterocycles. The van der Waals surface area contributed by atoms with Gasteiger partial charge in [-0.2, -0.15) is 5.10 Å². The summed E-state index contributed by atoms with van der Waals surface area (Å²) in [5.41, 5.74) is 0.843. The maximum atomic E-state index is 14.3. The number of halogens is 2. The molecule has 47 heavy (non-hydrogen) atoms. The fourth-order valence-electron chi connectivity index (χ4n) is 5.37. The monoisotopic (exact) mass is 667 g/mol. The van der Waals surface area contributed by atoms with Crippen molar-refractivity contribution in [2.24, 2.45) is 7.05 Å². The molecular weight excluding hydrogens is 628 g/mol. The topological polar surface area (TPSA) is 121 Å². The molecule has 9 nitrogen and oxygen atoms in total. The number of carbonyl (C=O) groups excluding carboxylic acids is 1. The van der Waals surface area contributed by atoms with E-state index in [0.717, 1.165) is 12.3 Å². The number of aliphatic hydroxyl groups is 1. The van der Waals surface area contributed by atoms with Crippen molar-refractivity contribution in [3.63, 3.8) is 0 Å². The Bertz CT molecular complexity index is 1980. The first-order valence-electron chi connectivity index (χ1n) is 14.9. The lowest BCUT2D eigenvalue weighted by molar-refractivity contribution is -0.155. The number of benzene rings is 2. The first kappa shape index (κ1) is 35.5. The van der Waals surface area contributed by atoms with Crippen LogP contribution in [0.3, 0.4) is 0 Å². The first-order valence-corrected chi connectivity index (χ1v) is 16.9. The number of hydrogen-bond donors (Lipinski definition) is 1. The lowest BCUT2D eigenvalue weighted by Crippen LogP contribution is -2.25. The number of esters is 1. The summed E-state index contributed by atoms with van der Waals surface area (Å²) in [6.07, 6.45) is 0.942. The van der Waals surface area contributed by atoms with Gasteiger partial charge in [0.1, 0.15) is 34.3 Å². The van der Waals surface area contributed by atoms with E-state index in [-0.39, 0.29) is 24.3 Å². The quantitative estimate of drug-likeness (QED) is 0.180. The Morgan fingerprint density at radius 3 is 2.26 bits per heavy atom. The molecule has 4 rings (SSSR count). The van der Waals surface area contributed by atoms with Crippen LogP contribution in [0.1, 0.15) is 69.6 Å². The van der Waals surface area contributed by atoms with Gasteiger partial charge in [0.2, 0.25) is 0 Å². The number of fused-ring (bicyclic) bond motifs is 1. The van der Waals surface area contributed by atoms with Crippen molar-refractivity contribution in [1.29, 1.82) is 0 Å². The molecule has 4 aromatic rings. The Balaban J connectivity index is 2.03. The van der Waals surface area contributed by atoms with Crippen LogP contribution in [0, 0.1) is 23.5 Å². The van der Waals surface area contributed by atoms with E-state index in [1.807, 2.05) is 0 Å². The van der Waals surface area contributed by atoms with E-state index in [9.17, 15) is 27.1 Å². The first-order chi connectivity index (χ1) is 21.7. The molecule has 0 saturated carbocycles. The number of hydrogen-bond acceptors (Lipinski definition) is 8. The Hall–Kier alpha value is -4.34. The lowest BCUT2D eigenvalue weighted by atomic mass is 9.87. The SMILES string of the molecule is COc1ccc(-c2ccc(C#CC(C)(C)O)nc2[C@@H](CC(=O)OC(C)(C)C)Cc2cc(F)cc(F)c2)c2c1c(CS(C)(=O)=O)nn2C. The number of sulfone groups is 1. The average Bonchev–Trinajstić information content (AvgIpc) is 3.23. The molecule has 2 aromatic heterocycles. The molecule has 0 aliphatic carbocycles. The molecule has 250 valence electrons.